The topological polar surface area (TPSA) is 94.7 Å². The molecule has 8 nitrogen and oxygen atoms in total. The Morgan fingerprint density at radius 3 is 2.80 bits per heavy atom. The highest BCUT2D eigenvalue weighted by molar-refractivity contribution is 7.89. The molecular formula is C16H22N6O2S. The summed E-state index contributed by atoms with van der Waals surface area (Å²) in [6.45, 7) is 5.23. The molecule has 0 spiro atoms. The van der Waals surface area contributed by atoms with Gasteiger partial charge in [0.1, 0.15) is 21.8 Å². The lowest BCUT2D eigenvalue weighted by Crippen LogP contribution is -2.26. The zero-order valence-electron chi connectivity index (χ0n) is 14.5. The summed E-state index contributed by atoms with van der Waals surface area (Å²) in [5, 5.41) is 8.30. The fourth-order valence-corrected chi connectivity index (χ4v) is 4.00. The van der Waals surface area contributed by atoms with Crippen molar-refractivity contribution in [3.8, 4) is 0 Å². The number of rotatable bonds is 7. The Hall–Kier alpha value is -2.26. The van der Waals surface area contributed by atoms with E-state index in [-0.39, 0.29) is 4.90 Å². The van der Waals surface area contributed by atoms with Gasteiger partial charge in [0.15, 0.2) is 0 Å². The molecule has 2 heterocycles. The van der Waals surface area contributed by atoms with Gasteiger partial charge in [-0.15, -0.1) is 0 Å². The zero-order chi connectivity index (χ0) is 18.0. The maximum Gasteiger partial charge on any atom is 0.242 e. The van der Waals surface area contributed by atoms with Gasteiger partial charge in [-0.05, 0) is 18.6 Å². The number of sulfonamides is 1. The third kappa shape index (κ3) is 3.72. The molecule has 25 heavy (non-hydrogen) atoms. The summed E-state index contributed by atoms with van der Waals surface area (Å²) in [5.74, 6) is 1.34. The molecule has 0 fully saturated rings. The summed E-state index contributed by atoms with van der Waals surface area (Å²) in [4.78, 5) is 5.86. The molecule has 0 amide bonds. The number of hydrogen-bond acceptors (Lipinski definition) is 5. The molecular weight excluding hydrogens is 340 g/mol. The summed E-state index contributed by atoms with van der Waals surface area (Å²) < 4.78 is 29.9. The van der Waals surface area contributed by atoms with Crippen LogP contribution in [0.4, 0.5) is 0 Å². The SMILES string of the molecule is CC(C)c1nccn1CCCNS(=O)(=O)c1cccc2nn(C)nc12. The van der Waals surface area contributed by atoms with Crippen LogP contribution in [0.15, 0.2) is 35.5 Å². The van der Waals surface area contributed by atoms with E-state index in [1.165, 1.54) is 4.80 Å². The fourth-order valence-electron chi connectivity index (χ4n) is 2.78. The van der Waals surface area contributed by atoms with Gasteiger partial charge in [-0.2, -0.15) is 15.0 Å². The maximum absolute atomic E-state index is 12.6. The van der Waals surface area contributed by atoms with Crippen LogP contribution < -0.4 is 4.72 Å². The molecule has 1 N–H and O–H groups in total. The Kier molecular flexibility index (Phi) is 4.87. The molecule has 0 aliphatic rings. The van der Waals surface area contributed by atoms with Crippen molar-refractivity contribution in [1.29, 1.82) is 0 Å². The molecule has 0 saturated heterocycles. The largest absolute Gasteiger partial charge is 0.335 e. The lowest BCUT2D eigenvalue weighted by Gasteiger charge is -2.11. The van der Waals surface area contributed by atoms with Crippen molar-refractivity contribution in [2.45, 2.75) is 37.6 Å². The molecule has 134 valence electrons. The van der Waals surface area contributed by atoms with Crippen LogP contribution in [-0.2, 0) is 23.6 Å². The molecule has 3 rings (SSSR count). The number of nitrogens with one attached hydrogen (secondary N) is 1. The summed E-state index contributed by atoms with van der Waals surface area (Å²) in [5.41, 5.74) is 0.944. The van der Waals surface area contributed by atoms with Gasteiger partial charge in [0.2, 0.25) is 10.0 Å². The van der Waals surface area contributed by atoms with Crippen molar-refractivity contribution in [1.82, 2.24) is 29.3 Å². The quantitative estimate of drug-likeness (QED) is 0.645. The molecule has 0 atom stereocenters. The highest BCUT2D eigenvalue weighted by Crippen LogP contribution is 2.19. The first-order valence-electron chi connectivity index (χ1n) is 8.19. The van der Waals surface area contributed by atoms with Crippen molar-refractivity contribution in [3.63, 3.8) is 0 Å². The van der Waals surface area contributed by atoms with Gasteiger partial charge in [0.25, 0.3) is 0 Å². The van der Waals surface area contributed by atoms with Gasteiger partial charge in [0, 0.05) is 38.4 Å². The third-order valence-corrected chi connectivity index (χ3v) is 5.39. The average Bonchev–Trinajstić information content (AvgIpc) is 3.16. The van der Waals surface area contributed by atoms with E-state index in [1.807, 2.05) is 6.20 Å². The predicted molar refractivity (Wildman–Crippen MR) is 94.6 cm³/mol. The number of imidazole rings is 1. The normalized spacial score (nSPS) is 12.3. The van der Waals surface area contributed by atoms with Crippen LogP contribution in [0.3, 0.4) is 0 Å². The summed E-state index contributed by atoms with van der Waals surface area (Å²) in [7, 11) is -1.96. The molecule has 0 saturated carbocycles. The molecule has 0 radical (unpaired) electrons. The Bertz CT molecular complexity index is 974. The number of fused-ring (bicyclic) bond motifs is 1. The minimum Gasteiger partial charge on any atom is -0.335 e. The van der Waals surface area contributed by atoms with Crippen LogP contribution in [0.1, 0.15) is 32.0 Å². The van der Waals surface area contributed by atoms with Crippen molar-refractivity contribution >= 4 is 21.1 Å². The van der Waals surface area contributed by atoms with Crippen LogP contribution >= 0.6 is 0 Å². The molecule has 1 aromatic carbocycles. The first-order chi connectivity index (χ1) is 11.9. The smallest absolute Gasteiger partial charge is 0.242 e. The molecule has 9 heteroatoms. The van der Waals surface area contributed by atoms with Gasteiger partial charge in [-0.1, -0.05) is 19.9 Å². The molecule has 0 aliphatic heterocycles. The van der Waals surface area contributed by atoms with Crippen LogP contribution in [0, 0.1) is 0 Å². The van der Waals surface area contributed by atoms with E-state index in [4.69, 9.17) is 0 Å². The van der Waals surface area contributed by atoms with E-state index in [0.717, 1.165) is 5.82 Å². The highest BCUT2D eigenvalue weighted by Gasteiger charge is 2.19. The fraction of sp³-hybridized carbons (Fsp3) is 0.438. The minimum absolute atomic E-state index is 0.156. The molecule has 0 unspecified atom stereocenters. The van der Waals surface area contributed by atoms with E-state index in [2.05, 4.69) is 38.3 Å². The lowest BCUT2D eigenvalue weighted by molar-refractivity contribution is 0.559. The maximum atomic E-state index is 12.6. The van der Waals surface area contributed by atoms with Gasteiger partial charge < -0.3 is 4.57 Å². The van der Waals surface area contributed by atoms with E-state index < -0.39 is 10.0 Å². The van der Waals surface area contributed by atoms with Crippen LogP contribution in [0.5, 0.6) is 0 Å². The lowest BCUT2D eigenvalue weighted by atomic mass is 10.2. The van der Waals surface area contributed by atoms with Crippen molar-refractivity contribution in [3.05, 3.63) is 36.4 Å². The van der Waals surface area contributed by atoms with E-state index in [0.29, 0.717) is 36.5 Å². The van der Waals surface area contributed by atoms with Gasteiger partial charge >= 0.3 is 0 Å². The number of hydrogen-bond donors (Lipinski definition) is 1. The van der Waals surface area contributed by atoms with Crippen LogP contribution in [0.2, 0.25) is 0 Å². The second-order valence-corrected chi connectivity index (χ2v) is 7.93. The minimum atomic E-state index is -3.63. The Balaban J connectivity index is 1.67. The first-order valence-corrected chi connectivity index (χ1v) is 9.67. The number of benzene rings is 1. The molecule has 0 aliphatic carbocycles. The van der Waals surface area contributed by atoms with Crippen LogP contribution in [-0.4, -0.2) is 39.5 Å². The Morgan fingerprint density at radius 2 is 2.04 bits per heavy atom. The summed E-state index contributed by atoms with van der Waals surface area (Å²) in [6, 6.07) is 4.96. The van der Waals surface area contributed by atoms with Crippen molar-refractivity contribution < 1.29 is 8.42 Å². The van der Waals surface area contributed by atoms with Gasteiger partial charge in [-0.3, -0.25) is 0 Å². The second kappa shape index (κ2) is 6.93. The van der Waals surface area contributed by atoms with Crippen molar-refractivity contribution in [2.24, 2.45) is 7.05 Å². The van der Waals surface area contributed by atoms with Gasteiger partial charge in [-0.25, -0.2) is 18.1 Å². The highest BCUT2D eigenvalue weighted by atomic mass is 32.2. The number of nitrogens with zero attached hydrogens (tertiary/aromatic N) is 5. The first kappa shape index (κ1) is 17.6. The standard InChI is InChI=1S/C16H22N6O2S/c1-12(2)16-17-9-11-22(16)10-5-8-18-25(23,24)14-7-4-6-13-15(14)20-21(3)19-13/h4,6-7,9,11-12,18H,5,8,10H2,1-3H3. The van der Waals surface area contributed by atoms with E-state index in [1.54, 1.807) is 31.4 Å². The summed E-state index contributed by atoms with van der Waals surface area (Å²) in [6.07, 6.45) is 4.37. The second-order valence-electron chi connectivity index (χ2n) is 6.20. The Labute approximate surface area is 146 Å². The van der Waals surface area contributed by atoms with Crippen molar-refractivity contribution in [2.75, 3.05) is 6.54 Å². The van der Waals surface area contributed by atoms with Gasteiger partial charge in [0.05, 0.1) is 0 Å². The number of aromatic nitrogens is 5. The summed E-state index contributed by atoms with van der Waals surface area (Å²) >= 11 is 0. The Morgan fingerprint density at radius 1 is 1.24 bits per heavy atom. The van der Waals surface area contributed by atoms with Crippen LogP contribution in [0.25, 0.3) is 11.0 Å². The van der Waals surface area contributed by atoms with E-state index in [9.17, 15) is 8.42 Å². The average molecular weight is 362 g/mol. The molecule has 3 aromatic rings. The van der Waals surface area contributed by atoms with E-state index >= 15 is 0 Å². The molecule has 2 aromatic heterocycles. The molecule has 0 bridgehead atoms. The number of aryl methyl sites for hydroxylation is 2. The predicted octanol–water partition coefficient (Wildman–Crippen LogP) is 1.66. The zero-order valence-corrected chi connectivity index (χ0v) is 15.4. The third-order valence-electron chi connectivity index (χ3n) is 3.90. The monoisotopic (exact) mass is 362 g/mol.